The zero-order valence-electron chi connectivity index (χ0n) is 33.2. The van der Waals surface area contributed by atoms with Crippen molar-refractivity contribution in [2.24, 2.45) is 0 Å². The Morgan fingerprint density at radius 3 is 0.735 bits per heavy atom. The van der Waals surface area contributed by atoms with Crippen molar-refractivity contribution < 1.29 is 45.3 Å². The molecule has 0 amide bonds. The molecule has 9 heteroatoms. The van der Waals surface area contributed by atoms with Crippen LogP contribution in [0, 0.1) is 0 Å². The molecule has 0 aliphatic rings. The minimum atomic E-state index is -3.58. The molecule has 2 atom stereocenters. The van der Waals surface area contributed by atoms with Gasteiger partial charge >= 0.3 is 17.4 Å². The van der Waals surface area contributed by atoms with E-state index in [2.05, 4.69) is 27.7 Å². The van der Waals surface area contributed by atoms with Gasteiger partial charge in [-0.3, -0.25) is 0 Å². The smallest absolute Gasteiger partial charge is 0.778 e. The van der Waals surface area contributed by atoms with Crippen LogP contribution in [0.25, 0.3) is 0 Å². The van der Waals surface area contributed by atoms with Crippen LogP contribution < -0.4 is 9.79 Å². The fourth-order valence-electron chi connectivity index (χ4n) is 5.89. The monoisotopic (exact) mass is 775 g/mol. The Labute approximate surface area is 318 Å². The number of rotatable bonds is 38. The quantitative estimate of drug-likeness (QED) is 0.0457. The van der Waals surface area contributed by atoms with E-state index in [1.807, 2.05) is 0 Å². The summed E-state index contributed by atoms with van der Waals surface area (Å²) in [6.07, 6.45) is 38.6. The third-order valence-electron chi connectivity index (χ3n) is 9.14. The third kappa shape index (κ3) is 48.8. The minimum Gasteiger partial charge on any atom is -0.778 e. The maximum absolute atomic E-state index is 11.8. The van der Waals surface area contributed by atoms with E-state index >= 15 is 0 Å². The summed E-state index contributed by atoms with van der Waals surface area (Å²) in [5.74, 6) is 0. The normalized spacial score (nSPS) is 13.7. The van der Waals surface area contributed by atoms with E-state index < -0.39 is 15.2 Å². The van der Waals surface area contributed by atoms with Gasteiger partial charge in [0.25, 0.3) is 0 Å². The van der Waals surface area contributed by atoms with Gasteiger partial charge in [0.1, 0.15) is 15.2 Å². The molecule has 0 heterocycles. The van der Waals surface area contributed by atoms with E-state index in [-0.39, 0.29) is 29.7 Å². The molecule has 0 spiro atoms. The van der Waals surface area contributed by atoms with Gasteiger partial charge < -0.3 is 28.0 Å². The summed E-state index contributed by atoms with van der Waals surface area (Å²) in [6, 6.07) is 0. The molecule has 0 saturated carbocycles. The average molecular weight is 775 g/mol. The average Bonchev–Trinajstić information content (AvgIpc) is 3.06. The first-order chi connectivity index (χ1) is 23.2. The van der Waals surface area contributed by atoms with E-state index in [4.69, 9.17) is 9.05 Å². The van der Waals surface area contributed by atoms with Crippen LogP contribution in [0.3, 0.4) is 0 Å². The minimum absolute atomic E-state index is 0. The zero-order valence-corrected chi connectivity index (χ0v) is 36.3. The standard InChI is InChI=1S/2C20H43O3P.Cr/c2*1-3-5-7-9-11-13-15-17-19-23-24(21,22)20-18-16-14-12-10-8-6-4-2;/h2*3-20H2,1-2H3,(H,21,22);/q;;+2/p-2. The van der Waals surface area contributed by atoms with Crippen molar-refractivity contribution in [2.75, 3.05) is 25.5 Å². The van der Waals surface area contributed by atoms with Gasteiger partial charge in [-0.2, -0.15) is 0 Å². The topological polar surface area (TPSA) is 98.7 Å². The van der Waals surface area contributed by atoms with Crippen molar-refractivity contribution in [1.82, 2.24) is 0 Å². The fraction of sp³-hybridized carbons (Fsp3) is 1.00. The number of hydrogen-bond acceptors (Lipinski definition) is 6. The first-order valence-electron chi connectivity index (χ1n) is 21.1. The van der Waals surface area contributed by atoms with Crippen molar-refractivity contribution in [3.63, 3.8) is 0 Å². The first kappa shape index (κ1) is 54.2. The van der Waals surface area contributed by atoms with Gasteiger partial charge in [-0.1, -0.05) is 207 Å². The Kier molecular flexibility index (Phi) is 47.8. The van der Waals surface area contributed by atoms with Crippen LogP contribution in [0.15, 0.2) is 0 Å². The van der Waals surface area contributed by atoms with Crippen LogP contribution in [-0.2, 0) is 35.5 Å². The van der Waals surface area contributed by atoms with E-state index in [1.54, 1.807) is 0 Å². The zero-order chi connectivity index (χ0) is 35.9. The third-order valence-corrected chi connectivity index (χ3v) is 12.0. The molecular formula is C40H84CrO6P2. The molecule has 0 radical (unpaired) electrons. The van der Waals surface area contributed by atoms with Gasteiger partial charge in [-0.15, -0.1) is 0 Å². The van der Waals surface area contributed by atoms with Gasteiger partial charge in [0.15, 0.2) is 0 Å². The summed E-state index contributed by atoms with van der Waals surface area (Å²) >= 11 is 0. The van der Waals surface area contributed by atoms with Crippen LogP contribution in [-0.4, -0.2) is 25.5 Å². The van der Waals surface area contributed by atoms with Gasteiger partial charge in [-0.05, 0) is 25.7 Å². The van der Waals surface area contributed by atoms with Crippen LogP contribution in [0.2, 0.25) is 0 Å². The molecule has 0 aromatic rings. The van der Waals surface area contributed by atoms with Crippen LogP contribution in [0.5, 0.6) is 0 Å². The predicted octanol–water partition coefficient (Wildman–Crippen LogP) is 13.7. The van der Waals surface area contributed by atoms with E-state index in [0.29, 0.717) is 13.2 Å². The number of unbranched alkanes of at least 4 members (excludes halogenated alkanes) is 28. The molecule has 0 aliphatic heterocycles. The van der Waals surface area contributed by atoms with Crippen LogP contribution >= 0.6 is 15.2 Å². The Balaban J connectivity index is -0.000000846. The van der Waals surface area contributed by atoms with Crippen LogP contribution in [0.4, 0.5) is 0 Å². The summed E-state index contributed by atoms with van der Waals surface area (Å²) < 4.78 is 33.9. The molecule has 0 aromatic heterocycles. The molecule has 2 unspecified atom stereocenters. The molecule has 0 bridgehead atoms. The summed E-state index contributed by atoms with van der Waals surface area (Å²) in [5.41, 5.74) is 0. The van der Waals surface area contributed by atoms with Crippen molar-refractivity contribution in [1.29, 1.82) is 0 Å². The van der Waals surface area contributed by atoms with E-state index in [1.165, 1.54) is 141 Å². The molecule has 0 aliphatic carbocycles. The molecular weight excluding hydrogens is 690 g/mol. The van der Waals surface area contributed by atoms with Gasteiger partial charge in [-0.25, -0.2) is 0 Å². The Bertz CT molecular complexity index is 654. The second-order valence-electron chi connectivity index (χ2n) is 14.2. The Morgan fingerprint density at radius 2 is 0.510 bits per heavy atom. The number of hydrogen-bond donors (Lipinski definition) is 0. The van der Waals surface area contributed by atoms with Crippen LogP contribution in [0.1, 0.15) is 233 Å². The molecule has 0 N–H and O–H groups in total. The Hall–Kier alpha value is 0.832. The van der Waals surface area contributed by atoms with Gasteiger partial charge in [0.2, 0.25) is 0 Å². The molecule has 0 rings (SSSR count). The van der Waals surface area contributed by atoms with Crippen molar-refractivity contribution in [3.8, 4) is 0 Å². The Morgan fingerprint density at radius 1 is 0.327 bits per heavy atom. The van der Waals surface area contributed by atoms with Crippen molar-refractivity contribution >= 4 is 15.2 Å². The second kappa shape index (κ2) is 43.2. The van der Waals surface area contributed by atoms with Crippen molar-refractivity contribution in [2.45, 2.75) is 233 Å². The summed E-state index contributed by atoms with van der Waals surface area (Å²) in [5, 5.41) is 0. The summed E-state index contributed by atoms with van der Waals surface area (Å²) in [6.45, 7) is 9.66. The fourth-order valence-corrected chi connectivity index (χ4v) is 8.18. The maximum atomic E-state index is 11.8. The maximum Gasteiger partial charge on any atom is 2.00 e. The van der Waals surface area contributed by atoms with E-state index in [0.717, 1.165) is 64.2 Å². The summed E-state index contributed by atoms with van der Waals surface area (Å²) in [4.78, 5) is 23.6. The molecule has 0 aromatic carbocycles. The largest absolute Gasteiger partial charge is 2.00 e. The van der Waals surface area contributed by atoms with Gasteiger partial charge in [0, 0.05) is 12.3 Å². The molecule has 0 saturated heterocycles. The molecule has 49 heavy (non-hydrogen) atoms. The molecule has 0 fully saturated rings. The molecule has 296 valence electrons. The molecule has 6 nitrogen and oxygen atoms in total. The van der Waals surface area contributed by atoms with E-state index in [9.17, 15) is 18.9 Å². The summed E-state index contributed by atoms with van der Waals surface area (Å²) in [7, 11) is -7.16. The SMILES string of the molecule is CCCCCCCCCCOP(=O)([O-])CCCCCCCCCC.CCCCCCCCCCOP(=O)([O-])CCCCCCCCCC.[Cr+2]. The van der Waals surface area contributed by atoms with Crippen molar-refractivity contribution in [3.05, 3.63) is 0 Å². The van der Waals surface area contributed by atoms with Gasteiger partial charge in [0.05, 0.1) is 13.2 Å². The second-order valence-corrected chi connectivity index (χ2v) is 18.1. The first-order valence-corrected chi connectivity index (χ1v) is 24.6. The predicted molar refractivity (Wildman–Crippen MR) is 207 cm³/mol.